The van der Waals surface area contributed by atoms with Gasteiger partial charge in [-0.15, -0.1) is 0 Å². The molecule has 0 aliphatic carbocycles. The number of rotatable bonds is 7. The standard InChI is InChI=1S/C20H22O3/c1-4-17(5-2)22-13-15(3)14-23-20(21)19-12-8-10-16-9-6-7-11-18(16)19/h4-12,15H,1,13-14H2,2-3H3/b17-5+. The van der Waals surface area contributed by atoms with Crippen LogP contribution in [0, 0.1) is 5.92 Å². The minimum atomic E-state index is -0.302. The maximum atomic E-state index is 12.3. The fourth-order valence-corrected chi connectivity index (χ4v) is 2.25. The van der Waals surface area contributed by atoms with Crippen molar-refractivity contribution in [1.82, 2.24) is 0 Å². The van der Waals surface area contributed by atoms with E-state index in [9.17, 15) is 4.79 Å². The lowest BCUT2D eigenvalue weighted by molar-refractivity contribution is 0.0389. The Kier molecular flexibility index (Phi) is 5.98. The summed E-state index contributed by atoms with van der Waals surface area (Å²) in [6.07, 6.45) is 3.51. The van der Waals surface area contributed by atoms with Crippen LogP contribution in [0.3, 0.4) is 0 Å². The highest BCUT2D eigenvalue weighted by atomic mass is 16.5. The van der Waals surface area contributed by atoms with Crippen molar-refractivity contribution in [2.45, 2.75) is 13.8 Å². The first-order valence-corrected chi connectivity index (χ1v) is 7.72. The fraction of sp³-hybridized carbons (Fsp3) is 0.250. The molecular formula is C20H22O3. The summed E-state index contributed by atoms with van der Waals surface area (Å²) in [6, 6.07) is 13.4. The van der Waals surface area contributed by atoms with Crippen LogP contribution in [0.4, 0.5) is 0 Å². The Hall–Kier alpha value is -2.55. The summed E-state index contributed by atoms with van der Waals surface area (Å²) >= 11 is 0. The second kappa shape index (κ2) is 8.18. The van der Waals surface area contributed by atoms with Crippen molar-refractivity contribution in [2.24, 2.45) is 5.92 Å². The Morgan fingerprint density at radius 1 is 1.13 bits per heavy atom. The number of ether oxygens (including phenoxy) is 2. The van der Waals surface area contributed by atoms with E-state index in [1.165, 1.54) is 0 Å². The van der Waals surface area contributed by atoms with Gasteiger partial charge in [-0.2, -0.15) is 0 Å². The van der Waals surface area contributed by atoms with Crippen molar-refractivity contribution in [3.8, 4) is 0 Å². The zero-order chi connectivity index (χ0) is 16.7. The first-order chi connectivity index (χ1) is 11.2. The van der Waals surface area contributed by atoms with Gasteiger partial charge < -0.3 is 9.47 Å². The lowest BCUT2D eigenvalue weighted by Crippen LogP contribution is -2.16. The third-order valence-electron chi connectivity index (χ3n) is 3.53. The Morgan fingerprint density at radius 3 is 2.57 bits per heavy atom. The van der Waals surface area contributed by atoms with Gasteiger partial charge in [0, 0.05) is 5.92 Å². The summed E-state index contributed by atoms with van der Waals surface area (Å²) in [5.74, 6) is 0.532. The van der Waals surface area contributed by atoms with Crippen molar-refractivity contribution in [1.29, 1.82) is 0 Å². The van der Waals surface area contributed by atoms with Crippen molar-refractivity contribution in [3.63, 3.8) is 0 Å². The molecule has 0 fully saturated rings. The topological polar surface area (TPSA) is 35.5 Å². The molecule has 0 N–H and O–H groups in total. The molecule has 0 aromatic heterocycles. The van der Waals surface area contributed by atoms with E-state index in [0.717, 1.165) is 16.5 Å². The van der Waals surface area contributed by atoms with Crippen LogP contribution in [0.15, 0.2) is 67.0 Å². The minimum absolute atomic E-state index is 0.101. The molecule has 2 rings (SSSR count). The van der Waals surface area contributed by atoms with E-state index in [-0.39, 0.29) is 11.9 Å². The molecule has 0 aliphatic rings. The zero-order valence-corrected chi connectivity index (χ0v) is 13.6. The maximum Gasteiger partial charge on any atom is 0.338 e. The quantitative estimate of drug-likeness (QED) is 0.421. The predicted octanol–water partition coefficient (Wildman–Crippen LogP) is 4.74. The zero-order valence-electron chi connectivity index (χ0n) is 13.6. The van der Waals surface area contributed by atoms with Gasteiger partial charge in [0.05, 0.1) is 18.8 Å². The molecule has 23 heavy (non-hydrogen) atoms. The highest BCUT2D eigenvalue weighted by Crippen LogP contribution is 2.19. The number of esters is 1. The number of carbonyl (C=O) groups is 1. The SMILES string of the molecule is C=C/C(=C\C)OCC(C)COC(=O)c1cccc2ccccc12. The lowest BCUT2D eigenvalue weighted by atomic mass is 10.0. The average molecular weight is 310 g/mol. The van der Waals surface area contributed by atoms with Crippen molar-refractivity contribution < 1.29 is 14.3 Å². The number of hydrogen-bond donors (Lipinski definition) is 0. The number of hydrogen-bond acceptors (Lipinski definition) is 3. The van der Waals surface area contributed by atoms with Crippen molar-refractivity contribution in [2.75, 3.05) is 13.2 Å². The van der Waals surface area contributed by atoms with Gasteiger partial charge in [-0.3, -0.25) is 0 Å². The number of fused-ring (bicyclic) bond motifs is 1. The first kappa shape index (κ1) is 16.8. The first-order valence-electron chi connectivity index (χ1n) is 7.72. The average Bonchev–Trinajstić information content (AvgIpc) is 2.60. The van der Waals surface area contributed by atoms with Crippen LogP contribution in [0.1, 0.15) is 24.2 Å². The molecule has 0 amide bonds. The smallest absolute Gasteiger partial charge is 0.338 e. The Bertz CT molecular complexity index is 710. The minimum Gasteiger partial charge on any atom is -0.494 e. The lowest BCUT2D eigenvalue weighted by Gasteiger charge is -2.14. The third kappa shape index (κ3) is 4.46. The van der Waals surface area contributed by atoms with Gasteiger partial charge in [0.25, 0.3) is 0 Å². The molecule has 3 nitrogen and oxygen atoms in total. The molecule has 0 saturated carbocycles. The summed E-state index contributed by atoms with van der Waals surface area (Å²) in [6.45, 7) is 8.34. The Balaban J connectivity index is 1.95. The summed E-state index contributed by atoms with van der Waals surface area (Å²) in [5.41, 5.74) is 0.594. The normalized spacial score (nSPS) is 12.7. The molecule has 120 valence electrons. The van der Waals surface area contributed by atoms with Gasteiger partial charge in [0.15, 0.2) is 0 Å². The van der Waals surface area contributed by atoms with Gasteiger partial charge in [-0.25, -0.2) is 4.79 Å². The van der Waals surface area contributed by atoms with Crippen molar-refractivity contribution in [3.05, 3.63) is 72.5 Å². The summed E-state index contributed by atoms with van der Waals surface area (Å²) in [7, 11) is 0. The van der Waals surface area contributed by atoms with Crippen LogP contribution in [0.2, 0.25) is 0 Å². The van der Waals surface area contributed by atoms with Crippen LogP contribution in [-0.4, -0.2) is 19.2 Å². The van der Waals surface area contributed by atoms with Gasteiger partial charge in [-0.05, 0) is 35.9 Å². The summed E-state index contributed by atoms with van der Waals surface area (Å²) < 4.78 is 11.0. The van der Waals surface area contributed by atoms with Gasteiger partial charge in [-0.1, -0.05) is 49.9 Å². The molecule has 3 heteroatoms. The van der Waals surface area contributed by atoms with Crippen LogP contribution in [-0.2, 0) is 9.47 Å². The molecular weight excluding hydrogens is 288 g/mol. The number of carbonyl (C=O) groups excluding carboxylic acids is 1. The predicted molar refractivity (Wildman–Crippen MR) is 93.3 cm³/mol. The molecule has 0 bridgehead atoms. The second-order valence-corrected chi connectivity index (χ2v) is 5.44. The number of allylic oxidation sites excluding steroid dienone is 2. The third-order valence-corrected chi connectivity index (χ3v) is 3.53. The summed E-state index contributed by atoms with van der Waals surface area (Å²) in [5, 5.41) is 1.94. The van der Waals surface area contributed by atoms with E-state index in [2.05, 4.69) is 6.58 Å². The molecule has 2 aromatic carbocycles. The van der Waals surface area contributed by atoms with Gasteiger partial charge in [0.2, 0.25) is 0 Å². The number of benzene rings is 2. The van der Waals surface area contributed by atoms with Gasteiger partial charge >= 0.3 is 5.97 Å². The fourth-order valence-electron chi connectivity index (χ4n) is 2.25. The maximum absolute atomic E-state index is 12.3. The second-order valence-electron chi connectivity index (χ2n) is 5.44. The highest BCUT2D eigenvalue weighted by Gasteiger charge is 2.13. The van der Waals surface area contributed by atoms with E-state index >= 15 is 0 Å². The highest BCUT2D eigenvalue weighted by molar-refractivity contribution is 6.04. The van der Waals surface area contributed by atoms with Crippen LogP contribution >= 0.6 is 0 Å². The molecule has 0 radical (unpaired) electrons. The van der Waals surface area contributed by atoms with Gasteiger partial charge in [0.1, 0.15) is 5.76 Å². The van der Waals surface area contributed by atoms with Crippen molar-refractivity contribution >= 4 is 16.7 Å². The molecule has 1 atom stereocenters. The van der Waals surface area contributed by atoms with E-state index in [1.54, 1.807) is 12.1 Å². The molecule has 0 aliphatic heterocycles. The van der Waals surface area contributed by atoms with E-state index in [4.69, 9.17) is 9.47 Å². The Labute approximate surface area is 137 Å². The molecule has 2 aromatic rings. The molecule has 0 saturated heterocycles. The molecule has 1 unspecified atom stereocenters. The summed E-state index contributed by atoms with van der Waals surface area (Å²) in [4.78, 5) is 12.3. The van der Waals surface area contributed by atoms with E-state index < -0.39 is 0 Å². The van der Waals surface area contributed by atoms with Crippen LogP contribution in [0.5, 0.6) is 0 Å². The van der Waals surface area contributed by atoms with E-state index in [1.807, 2.05) is 56.3 Å². The largest absolute Gasteiger partial charge is 0.494 e. The van der Waals surface area contributed by atoms with E-state index in [0.29, 0.717) is 18.8 Å². The molecule has 0 spiro atoms. The molecule has 0 heterocycles. The monoisotopic (exact) mass is 310 g/mol. The van der Waals surface area contributed by atoms with Crippen LogP contribution < -0.4 is 0 Å². The van der Waals surface area contributed by atoms with Crippen LogP contribution in [0.25, 0.3) is 10.8 Å². The Morgan fingerprint density at radius 2 is 1.83 bits per heavy atom.